The van der Waals surface area contributed by atoms with E-state index in [4.69, 9.17) is 4.74 Å². The molecule has 0 aromatic carbocycles. The number of ether oxygens (including phenoxy) is 1. The second-order valence-electron chi connectivity index (χ2n) is 4.84. The van der Waals surface area contributed by atoms with Crippen molar-refractivity contribution in [3.05, 3.63) is 0 Å². The molecular weight excluding hydrogens is 199 g/mol. The first-order chi connectivity index (χ1) is 6.90. The molecule has 1 rings (SSSR count). The van der Waals surface area contributed by atoms with Crippen molar-refractivity contribution in [2.24, 2.45) is 0 Å². The van der Waals surface area contributed by atoms with Crippen molar-refractivity contribution in [2.45, 2.75) is 44.9 Å². The summed E-state index contributed by atoms with van der Waals surface area (Å²) in [5, 5.41) is 5.69. The maximum Gasteiger partial charge on any atom is 0.407 e. The van der Waals surface area contributed by atoms with Crippen molar-refractivity contribution in [3.8, 4) is 0 Å². The highest BCUT2D eigenvalue weighted by Crippen LogP contribution is 2.10. The number of alkyl halides is 1. The molecule has 0 saturated carbocycles. The van der Waals surface area contributed by atoms with Gasteiger partial charge in [-0.05, 0) is 27.2 Å². The average molecular weight is 218 g/mol. The second-order valence-corrected chi connectivity index (χ2v) is 4.84. The predicted octanol–water partition coefficient (Wildman–Crippen LogP) is 1.21. The number of carbonyl (C=O) groups is 1. The zero-order chi connectivity index (χ0) is 11.5. The molecule has 2 atom stereocenters. The van der Waals surface area contributed by atoms with Gasteiger partial charge in [-0.1, -0.05) is 0 Å². The number of rotatable bonds is 2. The lowest BCUT2D eigenvalue weighted by Crippen LogP contribution is -2.40. The molecule has 0 aliphatic carbocycles. The summed E-state index contributed by atoms with van der Waals surface area (Å²) >= 11 is 0. The van der Waals surface area contributed by atoms with Crippen molar-refractivity contribution in [1.29, 1.82) is 0 Å². The Morgan fingerprint density at radius 3 is 2.73 bits per heavy atom. The first kappa shape index (κ1) is 12.2. The number of alkyl carbamates (subject to hydrolysis) is 1. The minimum Gasteiger partial charge on any atom is -0.444 e. The van der Waals surface area contributed by atoms with Gasteiger partial charge in [0.1, 0.15) is 12.3 Å². The summed E-state index contributed by atoms with van der Waals surface area (Å²) in [6, 6.07) is -0.162. The van der Waals surface area contributed by atoms with E-state index in [1.807, 2.05) is 20.8 Å². The van der Waals surface area contributed by atoms with Crippen molar-refractivity contribution in [2.75, 3.05) is 13.2 Å². The fourth-order valence-corrected chi connectivity index (χ4v) is 1.52. The van der Waals surface area contributed by atoms with Crippen molar-refractivity contribution < 1.29 is 13.9 Å². The van der Waals surface area contributed by atoms with Gasteiger partial charge in [-0.25, -0.2) is 9.18 Å². The van der Waals surface area contributed by atoms with Crippen molar-refractivity contribution in [1.82, 2.24) is 10.6 Å². The lowest BCUT2D eigenvalue weighted by Gasteiger charge is -2.21. The first-order valence-electron chi connectivity index (χ1n) is 5.19. The minimum absolute atomic E-state index is 0.0272. The van der Waals surface area contributed by atoms with Crippen LogP contribution in [0.5, 0.6) is 0 Å². The normalized spacial score (nSPS) is 26.4. The molecule has 1 aliphatic rings. The third-order valence-electron chi connectivity index (χ3n) is 2.13. The van der Waals surface area contributed by atoms with Crippen molar-refractivity contribution in [3.63, 3.8) is 0 Å². The summed E-state index contributed by atoms with van der Waals surface area (Å²) < 4.78 is 17.4. The topological polar surface area (TPSA) is 50.4 Å². The van der Waals surface area contributed by atoms with E-state index in [2.05, 4.69) is 10.6 Å². The third kappa shape index (κ3) is 4.46. The molecule has 2 unspecified atom stereocenters. The van der Waals surface area contributed by atoms with E-state index in [0.717, 1.165) is 0 Å². The number of nitrogens with one attached hydrogen (secondary N) is 2. The van der Waals surface area contributed by atoms with Crippen LogP contribution in [0.25, 0.3) is 0 Å². The SMILES string of the molecule is CC(C)(C)OC(=O)NC1CNC(CF)C1. The predicted molar refractivity (Wildman–Crippen MR) is 55.5 cm³/mol. The Kier molecular flexibility index (Phi) is 3.90. The second kappa shape index (κ2) is 4.79. The monoisotopic (exact) mass is 218 g/mol. The molecule has 15 heavy (non-hydrogen) atoms. The van der Waals surface area contributed by atoms with E-state index in [1.54, 1.807) is 0 Å². The van der Waals surface area contributed by atoms with E-state index in [9.17, 15) is 9.18 Å². The molecule has 0 bridgehead atoms. The molecule has 88 valence electrons. The van der Waals surface area contributed by atoms with Gasteiger partial charge in [0.05, 0.1) is 0 Å². The summed E-state index contributed by atoms with van der Waals surface area (Å²) in [7, 11) is 0. The first-order valence-corrected chi connectivity index (χ1v) is 5.19. The van der Waals surface area contributed by atoms with Gasteiger partial charge in [-0.3, -0.25) is 0 Å². The highest BCUT2D eigenvalue weighted by molar-refractivity contribution is 5.68. The van der Waals surface area contributed by atoms with E-state index >= 15 is 0 Å². The Hall–Kier alpha value is -0.840. The maximum absolute atomic E-state index is 12.3. The molecule has 0 spiro atoms. The standard InChI is InChI=1S/C10H19FN2O2/c1-10(2,3)15-9(14)13-8-4-7(5-11)12-6-8/h7-8,12H,4-6H2,1-3H3,(H,13,14). The van der Waals surface area contributed by atoms with Crippen LogP contribution in [0.2, 0.25) is 0 Å². The smallest absolute Gasteiger partial charge is 0.407 e. The van der Waals surface area contributed by atoms with Crippen LogP contribution in [0, 0.1) is 0 Å². The molecule has 4 nitrogen and oxygen atoms in total. The van der Waals surface area contributed by atoms with Gasteiger partial charge in [0.25, 0.3) is 0 Å². The molecule has 1 amide bonds. The van der Waals surface area contributed by atoms with Crippen LogP contribution in [0.15, 0.2) is 0 Å². The maximum atomic E-state index is 12.3. The van der Waals surface area contributed by atoms with Gasteiger partial charge < -0.3 is 15.4 Å². The van der Waals surface area contributed by atoms with Gasteiger partial charge in [0, 0.05) is 18.6 Å². The number of hydrogen-bond donors (Lipinski definition) is 2. The molecule has 1 aliphatic heterocycles. The fourth-order valence-electron chi connectivity index (χ4n) is 1.52. The van der Waals surface area contributed by atoms with Crippen molar-refractivity contribution >= 4 is 6.09 Å². The number of amides is 1. The van der Waals surface area contributed by atoms with Gasteiger partial charge in [0.2, 0.25) is 0 Å². The largest absolute Gasteiger partial charge is 0.444 e. The molecule has 0 aromatic heterocycles. The Balaban J connectivity index is 2.28. The summed E-state index contributed by atoms with van der Waals surface area (Å²) in [6.45, 7) is 5.64. The highest BCUT2D eigenvalue weighted by atomic mass is 19.1. The summed E-state index contributed by atoms with van der Waals surface area (Å²) in [4.78, 5) is 11.4. The van der Waals surface area contributed by atoms with Gasteiger partial charge in [0.15, 0.2) is 0 Å². The van der Waals surface area contributed by atoms with Crippen LogP contribution < -0.4 is 10.6 Å². The van der Waals surface area contributed by atoms with E-state index < -0.39 is 18.4 Å². The van der Waals surface area contributed by atoms with Crippen LogP contribution in [0.3, 0.4) is 0 Å². The van der Waals surface area contributed by atoms with Gasteiger partial charge in [-0.15, -0.1) is 0 Å². The molecule has 0 aromatic rings. The van der Waals surface area contributed by atoms with Gasteiger partial charge in [-0.2, -0.15) is 0 Å². The van der Waals surface area contributed by atoms with Gasteiger partial charge >= 0.3 is 6.09 Å². The molecule has 5 heteroatoms. The number of halogens is 1. The fraction of sp³-hybridized carbons (Fsp3) is 0.900. The molecule has 2 N–H and O–H groups in total. The minimum atomic E-state index is -0.490. The zero-order valence-corrected chi connectivity index (χ0v) is 9.47. The summed E-state index contributed by atoms with van der Waals surface area (Å²) in [5.74, 6) is 0. The molecule has 1 heterocycles. The quantitative estimate of drug-likeness (QED) is 0.732. The molecule has 1 saturated heterocycles. The van der Waals surface area contributed by atoms with Crippen LogP contribution in [-0.2, 0) is 4.74 Å². The Bertz CT molecular complexity index is 228. The Morgan fingerprint density at radius 1 is 1.60 bits per heavy atom. The zero-order valence-electron chi connectivity index (χ0n) is 9.47. The molecule has 1 fully saturated rings. The lowest BCUT2D eigenvalue weighted by molar-refractivity contribution is 0.0508. The van der Waals surface area contributed by atoms with Crippen LogP contribution in [0.4, 0.5) is 9.18 Å². The molecular formula is C10H19FN2O2. The number of hydrogen-bond acceptors (Lipinski definition) is 3. The third-order valence-corrected chi connectivity index (χ3v) is 2.13. The average Bonchev–Trinajstić information content (AvgIpc) is 2.48. The summed E-state index contributed by atoms with van der Waals surface area (Å²) in [5.41, 5.74) is -0.490. The van der Waals surface area contributed by atoms with Crippen LogP contribution in [0.1, 0.15) is 27.2 Å². The van der Waals surface area contributed by atoms with Crippen LogP contribution in [-0.4, -0.2) is 37.0 Å². The van der Waals surface area contributed by atoms with E-state index in [0.29, 0.717) is 13.0 Å². The number of carbonyl (C=O) groups excluding carboxylic acids is 1. The van der Waals surface area contributed by atoms with E-state index in [-0.39, 0.29) is 12.1 Å². The van der Waals surface area contributed by atoms with E-state index in [1.165, 1.54) is 0 Å². The van der Waals surface area contributed by atoms with Crippen LogP contribution >= 0.6 is 0 Å². The summed E-state index contributed by atoms with van der Waals surface area (Å²) in [6.07, 6.45) is 0.184. The highest BCUT2D eigenvalue weighted by Gasteiger charge is 2.26. The Labute approximate surface area is 89.6 Å². The Morgan fingerprint density at radius 2 is 2.27 bits per heavy atom. The lowest BCUT2D eigenvalue weighted by atomic mass is 10.2. The molecule has 0 radical (unpaired) electrons.